The fraction of sp³-hybridized carbons (Fsp3) is 0.250. The Morgan fingerprint density at radius 1 is 1.20 bits per heavy atom. The van der Waals surface area contributed by atoms with Crippen molar-refractivity contribution in [2.45, 2.75) is 6.04 Å². The van der Waals surface area contributed by atoms with Gasteiger partial charge in [0.1, 0.15) is 0 Å². The van der Waals surface area contributed by atoms with Crippen LogP contribution in [0.2, 0.25) is 0 Å². The van der Waals surface area contributed by atoms with Gasteiger partial charge in [0, 0.05) is 5.38 Å². The van der Waals surface area contributed by atoms with E-state index in [0.29, 0.717) is 0 Å². The molecule has 0 saturated carbocycles. The van der Waals surface area contributed by atoms with Gasteiger partial charge in [0.05, 0.1) is 17.2 Å². The number of thiazole rings is 1. The van der Waals surface area contributed by atoms with Gasteiger partial charge in [-0.1, -0.05) is 30.3 Å². The lowest BCUT2D eigenvalue weighted by molar-refractivity contribution is 0.337. The zero-order valence-electron chi connectivity index (χ0n) is 8.92. The standard InChI is InChI=1S/C12H14N2S/c1-14(2)12(11-8-15-9-13-11)10-6-4-3-5-7-10/h3-9,12H,1-2H3. The maximum Gasteiger partial charge on any atom is 0.0795 e. The first-order chi connectivity index (χ1) is 7.29. The summed E-state index contributed by atoms with van der Waals surface area (Å²) >= 11 is 1.64. The highest BCUT2D eigenvalue weighted by Gasteiger charge is 2.17. The molecule has 2 nitrogen and oxygen atoms in total. The highest BCUT2D eigenvalue weighted by molar-refractivity contribution is 7.07. The highest BCUT2D eigenvalue weighted by Crippen LogP contribution is 2.25. The predicted molar refractivity (Wildman–Crippen MR) is 64.1 cm³/mol. The van der Waals surface area contributed by atoms with E-state index in [2.05, 4.69) is 53.6 Å². The first-order valence-corrected chi connectivity index (χ1v) is 5.83. The Hall–Kier alpha value is -1.19. The van der Waals surface area contributed by atoms with Crippen molar-refractivity contribution in [3.05, 3.63) is 52.5 Å². The number of hydrogen-bond acceptors (Lipinski definition) is 3. The molecule has 15 heavy (non-hydrogen) atoms. The van der Waals surface area contributed by atoms with Crippen molar-refractivity contribution in [3.63, 3.8) is 0 Å². The Balaban J connectivity index is 2.37. The molecule has 0 bridgehead atoms. The number of benzene rings is 1. The van der Waals surface area contributed by atoms with Crippen LogP contribution in [0.1, 0.15) is 17.3 Å². The van der Waals surface area contributed by atoms with Crippen molar-refractivity contribution >= 4 is 11.3 Å². The van der Waals surface area contributed by atoms with Gasteiger partial charge in [-0.2, -0.15) is 0 Å². The van der Waals surface area contributed by atoms with Crippen molar-refractivity contribution in [1.82, 2.24) is 9.88 Å². The zero-order valence-corrected chi connectivity index (χ0v) is 9.74. The van der Waals surface area contributed by atoms with Crippen LogP contribution in [0.5, 0.6) is 0 Å². The smallest absolute Gasteiger partial charge is 0.0795 e. The van der Waals surface area contributed by atoms with E-state index < -0.39 is 0 Å². The molecule has 1 atom stereocenters. The average Bonchev–Trinajstić information content (AvgIpc) is 2.72. The van der Waals surface area contributed by atoms with Crippen LogP contribution in [0.4, 0.5) is 0 Å². The second kappa shape index (κ2) is 4.55. The summed E-state index contributed by atoms with van der Waals surface area (Å²) < 4.78 is 0. The van der Waals surface area contributed by atoms with Crippen molar-refractivity contribution in [3.8, 4) is 0 Å². The molecule has 0 spiro atoms. The van der Waals surface area contributed by atoms with Gasteiger partial charge in [-0.05, 0) is 19.7 Å². The first kappa shape index (κ1) is 10.3. The maximum absolute atomic E-state index is 4.39. The molecule has 0 N–H and O–H groups in total. The highest BCUT2D eigenvalue weighted by atomic mass is 32.1. The Bertz CT molecular complexity index is 395. The topological polar surface area (TPSA) is 16.1 Å². The third-order valence-corrected chi connectivity index (χ3v) is 2.97. The second-order valence-electron chi connectivity index (χ2n) is 3.69. The predicted octanol–water partition coefficient (Wildman–Crippen LogP) is 2.79. The summed E-state index contributed by atoms with van der Waals surface area (Å²) in [6.07, 6.45) is 0. The Morgan fingerprint density at radius 3 is 2.47 bits per heavy atom. The van der Waals surface area contributed by atoms with Gasteiger partial charge in [0.2, 0.25) is 0 Å². The van der Waals surface area contributed by atoms with E-state index in [1.807, 2.05) is 11.6 Å². The fourth-order valence-electron chi connectivity index (χ4n) is 1.73. The molecule has 0 aliphatic heterocycles. The minimum absolute atomic E-state index is 0.262. The van der Waals surface area contributed by atoms with E-state index in [4.69, 9.17) is 0 Å². The molecule has 2 rings (SSSR count). The molecule has 0 aliphatic carbocycles. The van der Waals surface area contributed by atoms with Crippen molar-refractivity contribution in [2.75, 3.05) is 14.1 Å². The van der Waals surface area contributed by atoms with Crippen LogP contribution < -0.4 is 0 Å². The third-order valence-electron chi connectivity index (χ3n) is 2.36. The molecular weight excluding hydrogens is 204 g/mol. The summed E-state index contributed by atoms with van der Waals surface area (Å²) in [5.41, 5.74) is 4.29. The molecular formula is C12H14N2S. The quantitative estimate of drug-likeness (QED) is 0.787. The van der Waals surface area contributed by atoms with E-state index in [9.17, 15) is 0 Å². The second-order valence-corrected chi connectivity index (χ2v) is 4.41. The molecule has 0 aliphatic rings. The molecule has 0 saturated heterocycles. The summed E-state index contributed by atoms with van der Waals surface area (Å²) in [6.45, 7) is 0. The summed E-state index contributed by atoms with van der Waals surface area (Å²) in [5, 5.41) is 2.11. The Kier molecular flexibility index (Phi) is 3.14. The Morgan fingerprint density at radius 2 is 1.93 bits per heavy atom. The molecule has 0 fully saturated rings. The van der Waals surface area contributed by atoms with E-state index >= 15 is 0 Å². The number of rotatable bonds is 3. The number of aromatic nitrogens is 1. The molecule has 78 valence electrons. The normalized spacial score (nSPS) is 13.0. The van der Waals surface area contributed by atoms with Crippen LogP contribution in [0.3, 0.4) is 0 Å². The van der Waals surface area contributed by atoms with Crippen molar-refractivity contribution in [2.24, 2.45) is 0 Å². The molecule has 1 heterocycles. The largest absolute Gasteiger partial charge is 0.297 e. The number of nitrogens with zero attached hydrogens (tertiary/aromatic N) is 2. The third kappa shape index (κ3) is 2.25. The molecule has 1 aromatic carbocycles. The van der Waals surface area contributed by atoms with Gasteiger partial charge < -0.3 is 0 Å². The minimum Gasteiger partial charge on any atom is -0.297 e. The lowest BCUT2D eigenvalue weighted by Crippen LogP contribution is -2.21. The van der Waals surface area contributed by atoms with Crippen LogP contribution in [-0.2, 0) is 0 Å². The maximum atomic E-state index is 4.39. The average molecular weight is 218 g/mol. The Labute approximate surface area is 94.2 Å². The lowest BCUT2D eigenvalue weighted by Gasteiger charge is -2.22. The fourth-order valence-corrected chi connectivity index (χ4v) is 2.30. The van der Waals surface area contributed by atoms with Gasteiger partial charge in [-0.15, -0.1) is 11.3 Å². The zero-order chi connectivity index (χ0) is 10.7. The molecule has 1 unspecified atom stereocenters. The molecule has 0 radical (unpaired) electrons. The number of hydrogen-bond donors (Lipinski definition) is 0. The first-order valence-electron chi connectivity index (χ1n) is 4.88. The summed E-state index contributed by atoms with van der Waals surface area (Å²) in [6, 6.07) is 10.7. The van der Waals surface area contributed by atoms with Gasteiger partial charge >= 0.3 is 0 Å². The van der Waals surface area contributed by atoms with Gasteiger partial charge in [0.25, 0.3) is 0 Å². The van der Waals surface area contributed by atoms with Gasteiger partial charge in [-0.25, -0.2) is 4.98 Å². The van der Waals surface area contributed by atoms with Crippen LogP contribution in [0.15, 0.2) is 41.2 Å². The molecule has 3 heteroatoms. The SMILES string of the molecule is CN(C)C(c1ccccc1)c1cscn1. The van der Waals surface area contributed by atoms with Crippen LogP contribution in [0.25, 0.3) is 0 Å². The summed E-state index contributed by atoms with van der Waals surface area (Å²) in [7, 11) is 4.16. The molecule has 2 aromatic rings. The summed E-state index contributed by atoms with van der Waals surface area (Å²) in [4.78, 5) is 6.58. The van der Waals surface area contributed by atoms with E-state index in [1.54, 1.807) is 11.3 Å². The molecule has 1 aromatic heterocycles. The lowest BCUT2D eigenvalue weighted by atomic mass is 10.0. The van der Waals surface area contributed by atoms with E-state index in [0.717, 1.165) is 5.69 Å². The van der Waals surface area contributed by atoms with Crippen LogP contribution in [-0.4, -0.2) is 24.0 Å². The van der Waals surface area contributed by atoms with Crippen molar-refractivity contribution < 1.29 is 0 Å². The monoisotopic (exact) mass is 218 g/mol. The van der Waals surface area contributed by atoms with E-state index in [1.165, 1.54) is 5.56 Å². The van der Waals surface area contributed by atoms with Crippen LogP contribution in [0, 0.1) is 0 Å². The minimum atomic E-state index is 0.262. The van der Waals surface area contributed by atoms with Gasteiger partial charge in [-0.3, -0.25) is 4.90 Å². The van der Waals surface area contributed by atoms with E-state index in [-0.39, 0.29) is 6.04 Å². The van der Waals surface area contributed by atoms with Crippen molar-refractivity contribution in [1.29, 1.82) is 0 Å². The molecule has 0 amide bonds. The van der Waals surface area contributed by atoms with Crippen LogP contribution >= 0.6 is 11.3 Å². The van der Waals surface area contributed by atoms with Gasteiger partial charge in [0.15, 0.2) is 0 Å². The summed E-state index contributed by atoms with van der Waals surface area (Å²) in [5.74, 6) is 0.